The van der Waals surface area contributed by atoms with Gasteiger partial charge in [0.15, 0.2) is 0 Å². The van der Waals surface area contributed by atoms with Crippen LogP contribution in [0.5, 0.6) is 0 Å². The zero-order chi connectivity index (χ0) is 7.11. The summed E-state index contributed by atoms with van der Waals surface area (Å²) in [7, 11) is 0. The number of alkyl halides is 2. The van der Waals surface area contributed by atoms with Crippen molar-refractivity contribution in [1.82, 2.24) is 0 Å². The molecule has 0 spiro atoms. The van der Waals surface area contributed by atoms with Crippen LogP contribution in [-0.4, -0.2) is 17.9 Å². The topological polar surface area (TPSA) is 9.23 Å². The molecule has 0 aliphatic rings. The SMILES string of the molecule is C[CH]OCCC(Cl)CCl. The molecule has 0 aromatic carbocycles. The van der Waals surface area contributed by atoms with Crippen molar-refractivity contribution < 1.29 is 4.74 Å². The van der Waals surface area contributed by atoms with Crippen molar-refractivity contribution in [2.24, 2.45) is 0 Å². The lowest BCUT2D eigenvalue weighted by molar-refractivity contribution is 0.201. The van der Waals surface area contributed by atoms with Gasteiger partial charge in [0.1, 0.15) is 0 Å². The van der Waals surface area contributed by atoms with Crippen LogP contribution in [0.15, 0.2) is 0 Å². The minimum atomic E-state index is 0.0478. The molecule has 1 unspecified atom stereocenters. The van der Waals surface area contributed by atoms with Gasteiger partial charge in [-0.15, -0.1) is 23.2 Å². The van der Waals surface area contributed by atoms with E-state index in [-0.39, 0.29) is 5.38 Å². The first kappa shape index (κ1) is 9.54. The highest BCUT2D eigenvalue weighted by atomic mass is 35.5. The molecule has 0 saturated heterocycles. The lowest BCUT2D eigenvalue weighted by atomic mass is 10.3. The van der Waals surface area contributed by atoms with Gasteiger partial charge < -0.3 is 4.74 Å². The molecule has 1 nitrogen and oxygen atoms in total. The molecule has 9 heavy (non-hydrogen) atoms. The summed E-state index contributed by atoms with van der Waals surface area (Å²) in [6.45, 7) is 4.15. The molecule has 0 heterocycles. The summed E-state index contributed by atoms with van der Waals surface area (Å²) in [4.78, 5) is 0. The second-order valence-corrected chi connectivity index (χ2v) is 2.57. The Hall–Kier alpha value is 0.540. The van der Waals surface area contributed by atoms with Crippen LogP contribution in [0.2, 0.25) is 0 Å². The molecule has 1 atom stereocenters. The van der Waals surface area contributed by atoms with E-state index in [9.17, 15) is 0 Å². The van der Waals surface area contributed by atoms with Gasteiger partial charge in [-0.05, 0) is 13.3 Å². The number of hydrogen-bond acceptors (Lipinski definition) is 1. The van der Waals surface area contributed by atoms with E-state index < -0.39 is 0 Å². The van der Waals surface area contributed by atoms with E-state index in [4.69, 9.17) is 27.9 Å². The molecular weight excluding hydrogens is 159 g/mol. The smallest absolute Gasteiger partial charge is 0.0805 e. The lowest BCUT2D eigenvalue weighted by Gasteiger charge is -2.03. The van der Waals surface area contributed by atoms with Crippen LogP contribution in [0.25, 0.3) is 0 Å². The molecule has 0 fully saturated rings. The maximum absolute atomic E-state index is 5.68. The van der Waals surface area contributed by atoms with E-state index in [0.717, 1.165) is 6.42 Å². The minimum absolute atomic E-state index is 0.0478. The first-order chi connectivity index (χ1) is 4.31. The van der Waals surface area contributed by atoms with Crippen LogP contribution in [-0.2, 0) is 4.74 Å². The summed E-state index contributed by atoms with van der Waals surface area (Å²) < 4.78 is 4.94. The summed E-state index contributed by atoms with van der Waals surface area (Å²) in [5, 5.41) is 0.0478. The van der Waals surface area contributed by atoms with Crippen molar-refractivity contribution in [3.05, 3.63) is 6.61 Å². The molecule has 0 rings (SSSR count). The first-order valence-corrected chi connectivity index (χ1v) is 3.87. The predicted molar refractivity (Wildman–Crippen MR) is 40.9 cm³/mol. The van der Waals surface area contributed by atoms with Gasteiger partial charge in [-0.25, -0.2) is 0 Å². The van der Waals surface area contributed by atoms with Crippen LogP contribution in [0.1, 0.15) is 13.3 Å². The molecule has 0 aliphatic carbocycles. The molecule has 0 aromatic rings. The molecule has 55 valence electrons. The molecule has 1 radical (unpaired) electrons. The highest BCUT2D eigenvalue weighted by molar-refractivity contribution is 6.28. The standard InChI is InChI=1S/C6H11Cl2O/c1-2-9-4-3-6(8)5-7/h2,6H,3-5H2,1H3. The molecule has 0 saturated carbocycles. The van der Waals surface area contributed by atoms with E-state index >= 15 is 0 Å². The fourth-order valence-electron chi connectivity index (χ4n) is 0.391. The Bertz CT molecular complexity index is 59.0. The first-order valence-electron chi connectivity index (χ1n) is 2.90. The normalized spacial score (nSPS) is 13.7. The number of rotatable bonds is 5. The molecule has 3 heteroatoms. The van der Waals surface area contributed by atoms with Gasteiger partial charge in [-0.3, -0.25) is 0 Å². The Morgan fingerprint density at radius 3 is 2.78 bits per heavy atom. The largest absolute Gasteiger partial charge is 0.376 e. The third-order valence-corrected chi connectivity index (χ3v) is 1.79. The molecule has 0 aromatic heterocycles. The van der Waals surface area contributed by atoms with Gasteiger partial charge in [-0.1, -0.05) is 0 Å². The average molecular weight is 170 g/mol. The summed E-state index contributed by atoms with van der Waals surface area (Å²) in [5.74, 6) is 0.495. The maximum atomic E-state index is 5.68. The molecule has 0 N–H and O–H groups in total. The summed E-state index contributed by atoms with van der Waals surface area (Å²) in [6.07, 6.45) is 0.815. The van der Waals surface area contributed by atoms with E-state index in [1.54, 1.807) is 6.61 Å². The van der Waals surface area contributed by atoms with Gasteiger partial charge >= 0.3 is 0 Å². The average Bonchev–Trinajstić information content (AvgIpc) is 1.89. The van der Waals surface area contributed by atoms with Gasteiger partial charge in [0.05, 0.1) is 6.61 Å². The van der Waals surface area contributed by atoms with Crippen LogP contribution in [0.3, 0.4) is 0 Å². The predicted octanol–water partition coefficient (Wildman–Crippen LogP) is 2.42. The maximum Gasteiger partial charge on any atom is 0.0805 e. The van der Waals surface area contributed by atoms with E-state index in [1.807, 2.05) is 6.92 Å². The third-order valence-electron chi connectivity index (χ3n) is 0.883. The molecule has 0 bridgehead atoms. The van der Waals surface area contributed by atoms with E-state index in [0.29, 0.717) is 12.5 Å². The summed E-state index contributed by atoms with van der Waals surface area (Å²) in [6, 6.07) is 0. The summed E-state index contributed by atoms with van der Waals surface area (Å²) in [5.41, 5.74) is 0. The molecular formula is C6H11Cl2O. The van der Waals surface area contributed by atoms with Gasteiger partial charge in [0, 0.05) is 17.9 Å². The van der Waals surface area contributed by atoms with Gasteiger partial charge in [-0.2, -0.15) is 0 Å². The van der Waals surface area contributed by atoms with Crippen molar-refractivity contribution in [3.8, 4) is 0 Å². The van der Waals surface area contributed by atoms with Gasteiger partial charge in [0.2, 0.25) is 0 Å². The number of hydrogen-bond donors (Lipinski definition) is 0. The molecule has 0 amide bonds. The Morgan fingerprint density at radius 1 is 1.67 bits per heavy atom. The van der Waals surface area contributed by atoms with Crippen molar-refractivity contribution in [1.29, 1.82) is 0 Å². The Morgan fingerprint density at radius 2 is 2.33 bits per heavy atom. The monoisotopic (exact) mass is 169 g/mol. The zero-order valence-corrected chi connectivity index (χ0v) is 6.95. The van der Waals surface area contributed by atoms with Crippen LogP contribution >= 0.6 is 23.2 Å². The van der Waals surface area contributed by atoms with Crippen molar-refractivity contribution >= 4 is 23.2 Å². The van der Waals surface area contributed by atoms with Crippen molar-refractivity contribution in [2.45, 2.75) is 18.7 Å². The zero-order valence-electron chi connectivity index (χ0n) is 5.44. The number of halogens is 2. The van der Waals surface area contributed by atoms with Gasteiger partial charge in [0.25, 0.3) is 0 Å². The second-order valence-electron chi connectivity index (χ2n) is 1.65. The van der Waals surface area contributed by atoms with Crippen LogP contribution < -0.4 is 0 Å². The molecule has 0 aliphatic heterocycles. The number of ether oxygens (including phenoxy) is 1. The summed E-state index contributed by atoms with van der Waals surface area (Å²) >= 11 is 11.1. The highest BCUT2D eigenvalue weighted by Gasteiger charge is 2.00. The third kappa shape index (κ3) is 6.42. The Labute approximate surface area is 66.3 Å². The second kappa shape index (κ2) is 6.66. The highest BCUT2D eigenvalue weighted by Crippen LogP contribution is 2.03. The van der Waals surface area contributed by atoms with Crippen LogP contribution in [0, 0.1) is 6.61 Å². The quantitative estimate of drug-likeness (QED) is 0.454. The van der Waals surface area contributed by atoms with E-state index in [1.165, 1.54) is 0 Å². The Balaban J connectivity index is 2.88. The fraction of sp³-hybridized carbons (Fsp3) is 0.833. The lowest BCUT2D eigenvalue weighted by Crippen LogP contribution is -2.04. The van der Waals surface area contributed by atoms with E-state index in [2.05, 4.69) is 0 Å². The minimum Gasteiger partial charge on any atom is -0.376 e. The Kier molecular flexibility index (Phi) is 7.06. The van der Waals surface area contributed by atoms with Crippen molar-refractivity contribution in [3.63, 3.8) is 0 Å². The van der Waals surface area contributed by atoms with Crippen molar-refractivity contribution in [2.75, 3.05) is 12.5 Å². The fourth-order valence-corrected chi connectivity index (χ4v) is 0.634. The van der Waals surface area contributed by atoms with Crippen LogP contribution in [0.4, 0.5) is 0 Å².